The molecule has 0 unspecified atom stereocenters. The van der Waals surface area contributed by atoms with Gasteiger partial charge in [-0.25, -0.2) is 13.8 Å². The zero-order chi connectivity index (χ0) is 23.3. The van der Waals surface area contributed by atoms with E-state index in [0.717, 1.165) is 29.9 Å². The fraction of sp³-hybridized carbons (Fsp3) is 0.333. The third kappa shape index (κ3) is 5.43. The molecule has 2 aromatic heterocycles. The zero-order valence-electron chi connectivity index (χ0n) is 18.5. The molecule has 32 heavy (non-hydrogen) atoms. The van der Waals surface area contributed by atoms with Gasteiger partial charge in [0, 0.05) is 42.4 Å². The molecule has 168 valence electrons. The van der Waals surface area contributed by atoms with Gasteiger partial charge < -0.3 is 9.64 Å². The van der Waals surface area contributed by atoms with Crippen molar-refractivity contribution in [2.24, 2.45) is 0 Å². The first-order valence-electron chi connectivity index (χ1n) is 10.4. The van der Waals surface area contributed by atoms with Crippen LogP contribution in [-0.4, -0.2) is 45.2 Å². The van der Waals surface area contributed by atoms with Crippen molar-refractivity contribution in [1.82, 2.24) is 20.1 Å². The maximum absolute atomic E-state index is 13.4. The SMILES string of the molecule is CCN(C(=O)c1ccccc1-c1cnnc(C)c1)[C@@H](C)COc1ccc(C(C)(F)F)cn1. The number of halogens is 2. The molecule has 1 aromatic carbocycles. The predicted molar refractivity (Wildman–Crippen MR) is 118 cm³/mol. The van der Waals surface area contributed by atoms with Crippen LogP contribution in [-0.2, 0) is 5.92 Å². The number of carbonyl (C=O) groups excluding carboxylic acids is 1. The number of benzene rings is 1. The second kappa shape index (κ2) is 9.80. The van der Waals surface area contributed by atoms with E-state index >= 15 is 0 Å². The monoisotopic (exact) mass is 440 g/mol. The number of rotatable bonds is 8. The molecule has 0 aliphatic carbocycles. The second-order valence-electron chi connectivity index (χ2n) is 7.66. The van der Waals surface area contributed by atoms with Gasteiger partial charge in [-0.3, -0.25) is 4.79 Å². The molecule has 3 rings (SSSR count). The lowest BCUT2D eigenvalue weighted by Crippen LogP contribution is -2.42. The summed E-state index contributed by atoms with van der Waals surface area (Å²) in [5, 5.41) is 7.98. The largest absolute Gasteiger partial charge is 0.475 e. The molecule has 2 heterocycles. The molecule has 1 amide bonds. The lowest BCUT2D eigenvalue weighted by atomic mass is 9.99. The summed E-state index contributed by atoms with van der Waals surface area (Å²) >= 11 is 0. The molecule has 1 atom stereocenters. The number of alkyl halides is 2. The summed E-state index contributed by atoms with van der Waals surface area (Å²) in [7, 11) is 0. The van der Waals surface area contributed by atoms with Gasteiger partial charge in [-0.05, 0) is 44.5 Å². The first-order chi connectivity index (χ1) is 15.2. The minimum atomic E-state index is -2.96. The molecule has 0 fully saturated rings. The Bertz CT molecular complexity index is 1070. The number of nitrogens with zero attached hydrogens (tertiary/aromatic N) is 4. The summed E-state index contributed by atoms with van der Waals surface area (Å²) in [6.45, 7) is 7.08. The van der Waals surface area contributed by atoms with E-state index in [1.165, 1.54) is 12.1 Å². The van der Waals surface area contributed by atoms with Gasteiger partial charge in [-0.1, -0.05) is 18.2 Å². The number of hydrogen-bond acceptors (Lipinski definition) is 5. The Kier molecular flexibility index (Phi) is 7.12. The third-order valence-corrected chi connectivity index (χ3v) is 5.09. The van der Waals surface area contributed by atoms with Crippen LogP contribution in [0.3, 0.4) is 0 Å². The Morgan fingerprint density at radius 2 is 1.94 bits per heavy atom. The Morgan fingerprint density at radius 1 is 1.19 bits per heavy atom. The minimum Gasteiger partial charge on any atom is -0.475 e. The molecular weight excluding hydrogens is 414 g/mol. The third-order valence-electron chi connectivity index (χ3n) is 5.09. The highest BCUT2D eigenvalue weighted by Gasteiger charge is 2.25. The Hall–Kier alpha value is -3.42. The van der Waals surface area contributed by atoms with Crippen LogP contribution in [0.4, 0.5) is 8.78 Å². The number of amides is 1. The van der Waals surface area contributed by atoms with Gasteiger partial charge in [0.2, 0.25) is 5.88 Å². The van der Waals surface area contributed by atoms with Crippen LogP contribution in [0.25, 0.3) is 11.1 Å². The highest BCUT2D eigenvalue weighted by atomic mass is 19.3. The van der Waals surface area contributed by atoms with Crippen molar-refractivity contribution in [2.75, 3.05) is 13.2 Å². The molecule has 0 saturated carbocycles. The van der Waals surface area contributed by atoms with E-state index in [2.05, 4.69) is 15.2 Å². The molecule has 0 N–H and O–H groups in total. The minimum absolute atomic E-state index is 0.136. The van der Waals surface area contributed by atoms with E-state index in [1.807, 2.05) is 45.0 Å². The first kappa shape index (κ1) is 23.2. The van der Waals surface area contributed by atoms with Crippen LogP contribution in [0, 0.1) is 6.92 Å². The van der Waals surface area contributed by atoms with Crippen LogP contribution in [0.1, 0.15) is 42.4 Å². The van der Waals surface area contributed by atoms with Crippen molar-refractivity contribution in [3.63, 3.8) is 0 Å². The van der Waals surface area contributed by atoms with E-state index in [-0.39, 0.29) is 30.0 Å². The molecule has 8 heteroatoms. The van der Waals surface area contributed by atoms with Gasteiger partial charge >= 0.3 is 0 Å². The second-order valence-corrected chi connectivity index (χ2v) is 7.66. The number of ether oxygens (including phenoxy) is 1. The van der Waals surface area contributed by atoms with Gasteiger partial charge in [0.05, 0.1) is 17.9 Å². The fourth-order valence-corrected chi connectivity index (χ4v) is 3.37. The van der Waals surface area contributed by atoms with Crippen molar-refractivity contribution < 1.29 is 18.3 Å². The number of aromatic nitrogens is 3. The van der Waals surface area contributed by atoms with Crippen LogP contribution >= 0.6 is 0 Å². The normalized spacial score (nSPS) is 12.3. The van der Waals surface area contributed by atoms with Crippen LogP contribution < -0.4 is 4.74 Å². The lowest BCUT2D eigenvalue weighted by molar-refractivity contribution is 0.0169. The number of aryl methyl sites for hydroxylation is 1. The van der Waals surface area contributed by atoms with Crippen molar-refractivity contribution >= 4 is 5.91 Å². The van der Waals surface area contributed by atoms with Crippen molar-refractivity contribution in [3.05, 3.63) is 71.7 Å². The van der Waals surface area contributed by atoms with Crippen LogP contribution in [0.2, 0.25) is 0 Å². The van der Waals surface area contributed by atoms with Crippen molar-refractivity contribution in [2.45, 2.75) is 39.7 Å². The molecule has 0 spiro atoms. The summed E-state index contributed by atoms with van der Waals surface area (Å²) < 4.78 is 32.4. The standard InChI is InChI=1S/C24H26F2N4O2/c1-5-30(17(3)15-32-22-11-10-19(14-27-22)24(4,25)26)23(31)21-9-7-6-8-20(21)18-12-16(2)29-28-13-18/h6-14,17H,5,15H2,1-4H3/t17-/m0/s1. The number of hydrogen-bond donors (Lipinski definition) is 0. The van der Waals surface area contributed by atoms with Gasteiger partial charge in [0.1, 0.15) is 6.61 Å². The summed E-state index contributed by atoms with van der Waals surface area (Å²) in [4.78, 5) is 19.1. The van der Waals surface area contributed by atoms with E-state index in [4.69, 9.17) is 4.74 Å². The fourth-order valence-electron chi connectivity index (χ4n) is 3.37. The molecule has 0 radical (unpaired) electrons. The summed E-state index contributed by atoms with van der Waals surface area (Å²) in [6, 6.07) is 11.7. The van der Waals surface area contributed by atoms with Gasteiger partial charge in [-0.15, -0.1) is 0 Å². The average molecular weight is 440 g/mol. The topological polar surface area (TPSA) is 68.2 Å². The first-order valence-corrected chi connectivity index (χ1v) is 10.4. The maximum atomic E-state index is 13.4. The quantitative estimate of drug-likeness (QED) is 0.499. The lowest BCUT2D eigenvalue weighted by Gasteiger charge is -2.28. The molecule has 3 aromatic rings. The van der Waals surface area contributed by atoms with Crippen LogP contribution in [0.15, 0.2) is 54.9 Å². The Balaban J connectivity index is 1.75. The molecule has 0 saturated heterocycles. The highest BCUT2D eigenvalue weighted by molar-refractivity contribution is 6.01. The summed E-state index contributed by atoms with van der Waals surface area (Å²) in [5.41, 5.74) is 2.73. The van der Waals surface area contributed by atoms with Gasteiger partial charge in [0.25, 0.3) is 11.8 Å². The average Bonchev–Trinajstić information content (AvgIpc) is 2.78. The number of carbonyl (C=O) groups is 1. The molecular formula is C24H26F2N4O2. The molecule has 6 nitrogen and oxygen atoms in total. The smallest absolute Gasteiger partial charge is 0.272 e. The van der Waals surface area contributed by atoms with Crippen molar-refractivity contribution in [1.29, 1.82) is 0 Å². The zero-order valence-corrected chi connectivity index (χ0v) is 18.5. The number of likely N-dealkylation sites (N-methyl/N-ethyl adjacent to an activating group) is 1. The Labute approximate surface area is 186 Å². The molecule has 0 aliphatic rings. The molecule has 0 aliphatic heterocycles. The molecule has 0 bridgehead atoms. The van der Waals surface area contributed by atoms with E-state index < -0.39 is 5.92 Å². The van der Waals surface area contributed by atoms with Gasteiger partial charge in [0.15, 0.2) is 0 Å². The van der Waals surface area contributed by atoms with Crippen LogP contribution in [0.5, 0.6) is 5.88 Å². The van der Waals surface area contributed by atoms with E-state index in [9.17, 15) is 13.6 Å². The van der Waals surface area contributed by atoms with Gasteiger partial charge in [-0.2, -0.15) is 10.2 Å². The van der Waals surface area contributed by atoms with E-state index in [1.54, 1.807) is 17.2 Å². The maximum Gasteiger partial charge on any atom is 0.272 e. The van der Waals surface area contributed by atoms with Crippen molar-refractivity contribution in [3.8, 4) is 17.0 Å². The van der Waals surface area contributed by atoms with E-state index in [0.29, 0.717) is 12.1 Å². The number of pyridine rings is 1. The highest BCUT2D eigenvalue weighted by Crippen LogP contribution is 2.27. The summed E-state index contributed by atoms with van der Waals surface area (Å²) in [6.07, 6.45) is 2.74. The Morgan fingerprint density at radius 3 is 2.56 bits per heavy atom. The predicted octanol–water partition coefficient (Wildman–Crippen LogP) is 4.89. The summed E-state index contributed by atoms with van der Waals surface area (Å²) in [5.74, 6) is -2.87.